The van der Waals surface area contributed by atoms with Crippen LogP contribution in [-0.2, 0) is 6.42 Å². The lowest BCUT2D eigenvalue weighted by molar-refractivity contribution is 0.669. The topological polar surface area (TPSA) is 13.1 Å². The highest BCUT2D eigenvalue weighted by Gasteiger charge is 2.19. The highest BCUT2D eigenvalue weighted by Crippen LogP contribution is 2.41. The van der Waals surface area contributed by atoms with Crippen LogP contribution in [0.25, 0.3) is 115 Å². The molecule has 2 heteroatoms. The summed E-state index contributed by atoms with van der Waals surface area (Å²) in [5, 5.41) is 12.7. The van der Waals surface area contributed by atoms with E-state index in [2.05, 4.69) is 158 Å². The van der Waals surface area contributed by atoms with E-state index in [1.54, 1.807) is 0 Å². The molecule has 0 radical (unpaired) electrons. The molecule has 0 aliphatic heterocycles. The van der Waals surface area contributed by atoms with Crippen molar-refractivity contribution in [3.63, 3.8) is 0 Å². The maximum atomic E-state index is 6.58. The van der Waals surface area contributed by atoms with Gasteiger partial charge in [-0.25, -0.2) is 0 Å². The average molecular weight is 707 g/mol. The molecule has 0 bridgehead atoms. The molecule has 1 nitrogen and oxygen atoms in total. The fourth-order valence-corrected chi connectivity index (χ4v) is 10.6. The lowest BCUT2D eigenvalue weighted by atomic mass is 9.84. The summed E-state index contributed by atoms with van der Waals surface area (Å²) in [6, 6.07) is 49.9. The Balaban J connectivity index is 1.06. The van der Waals surface area contributed by atoms with E-state index in [1.807, 2.05) is 11.3 Å². The lowest BCUT2D eigenvalue weighted by Gasteiger charge is -2.19. The second kappa shape index (κ2) is 11.6. The van der Waals surface area contributed by atoms with Crippen LogP contribution in [0.1, 0.15) is 30.4 Å². The highest BCUT2D eigenvalue weighted by atomic mass is 32.1. The third kappa shape index (κ3) is 4.50. The van der Waals surface area contributed by atoms with E-state index in [0.717, 1.165) is 42.2 Å². The molecule has 2 heterocycles. The Bertz CT molecular complexity index is 3390. The van der Waals surface area contributed by atoms with Crippen LogP contribution in [0.2, 0.25) is 0 Å². The van der Waals surface area contributed by atoms with E-state index < -0.39 is 0 Å². The van der Waals surface area contributed by atoms with Crippen LogP contribution in [0.5, 0.6) is 0 Å². The van der Waals surface area contributed by atoms with Crippen LogP contribution in [-0.4, -0.2) is 0 Å². The Labute approximate surface area is 316 Å². The van der Waals surface area contributed by atoms with Gasteiger partial charge in [-0.1, -0.05) is 109 Å². The van der Waals surface area contributed by atoms with Crippen molar-refractivity contribution in [3.05, 3.63) is 161 Å². The first-order valence-corrected chi connectivity index (χ1v) is 19.9. The van der Waals surface area contributed by atoms with Crippen molar-refractivity contribution >= 4 is 93.2 Å². The number of hydrogen-bond acceptors (Lipinski definition) is 2. The van der Waals surface area contributed by atoms with Gasteiger partial charge in [0.2, 0.25) is 0 Å². The maximum Gasteiger partial charge on any atom is 0.136 e. The van der Waals surface area contributed by atoms with Crippen molar-refractivity contribution in [1.82, 2.24) is 0 Å². The summed E-state index contributed by atoms with van der Waals surface area (Å²) in [6.07, 6.45) is 13.8. The van der Waals surface area contributed by atoms with E-state index in [0.29, 0.717) is 0 Å². The van der Waals surface area contributed by atoms with Crippen molar-refractivity contribution in [2.24, 2.45) is 0 Å². The summed E-state index contributed by atoms with van der Waals surface area (Å²) in [6.45, 7) is 0. The normalized spacial score (nSPS) is 13.9. The molecule has 254 valence electrons. The molecular formula is C52H34OS. The van der Waals surface area contributed by atoms with Crippen molar-refractivity contribution < 1.29 is 4.42 Å². The van der Waals surface area contributed by atoms with Crippen molar-refractivity contribution in [3.8, 4) is 33.4 Å². The number of allylic oxidation sites excluding steroid dienone is 1. The fraction of sp³-hybridized carbons (Fsp3) is 0.0769. The van der Waals surface area contributed by atoms with Crippen LogP contribution >= 0.6 is 11.3 Å². The van der Waals surface area contributed by atoms with Gasteiger partial charge in [0.25, 0.3) is 0 Å². The molecule has 0 amide bonds. The van der Waals surface area contributed by atoms with Gasteiger partial charge in [0, 0.05) is 30.9 Å². The zero-order valence-electron chi connectivity index (χ0n) is 29.7. The van der Waals surface area contributed by atoms with Crippen LogP contribution in [0.15, 0.2) is 144 Å². The summed E-state index contributed by atoms with van der Waals surface area (Å²) in [5.41, 5.74) is 12.5. The van der Waals surface area contributed by atoms with E-state index in [-0.39, 0.29) is 0 Å². The molecule has 10 aromatic rings. The fourth-order valence-electron chi connectivity index (χ4n) is 9.47. The van der Waals surface area contributed by atoms with Gasteiger partial charge in [-0.3, -0.25) is 0 Å². The summed E-state index contributed by atoms with van der Waals surface area (Å²) in [4.78, 5) is 0. The number of hydrogen-bond donors (Lipinski definition) is 0. The zero-order valence-corrected chi connectivity index (χ0v) is 30.5. The smallest absolute Gasteiger partial charge is 0.136 e. The van der Waals surface area contributed by atoms with Crippen LogP contribution < -0.4 is 10.4 Å². The number of fused-ring (bicyclic) bond motifs is 10. The maximum absolute atomic E-state index is 6.58. The second-order valence-electron chi connectivity index (χ2n) is 15.0. The summed E-state index contributed by atoms with van der Waals surface area (Å²) in [5.74, 6) is 0. The first kappa shape index (κ1) is 30.3. The highest BCUT2D eigenvalue weighted by molar-refractivity contribution is 7.25. The number of furan rings is 1. The van der Waals surface area contributed by atoms with Crippen LogP contribution in [0.3, 0.4) is 0 Å². The van der Waals surface area contributed by atoms with Crippen molar-refractivity contribution in [2.45, 2.75) is 25.7 Å². The Morgan fingerprint density at radius 2 is 1.17 bits per heavy atom. The lowest BCUT2D eigenvalue weighted by Crippen LogP contribution is -2.31. The van der Waals surface area contributed by atoms with Gasteiger partial charge in [-0.2, -0.15) is 0 Å². The van der Waals surface area contributed by atoms with Crippen molar-refractivity contribution in [2.75, 3.05) is 0 Å². The van der Waals surface area contributed by atoms with E-state index in [1.165, 1.54) is 102 Å². The molecule has 0 N–H and O–H groups in total. The molecule has 2 aromatic heterocycles. The minimum Gasteiger partial charge on any atom is -0.456 e. The average Bonchev–Trinajstić information content (AvgIpc) is 3.77. The quantitative estimate of drug-likeness (QED) is 0.178. The zero-order chi connectivity index (χ0) is 35.3. The van der Waals surface area contributed by atoms with Gasteiger partial charge in [-0.15, -0.1) is 11.3 Å². The third-order valence-electron chi connectivity index (χ3n) is 11.9. The molecule has 0 saturated carbocycles. The molecule has 0 fully saturated rings. The molecule has 0 saturated heterocycles. The summed E-state index contributed by atoms with van der Waals surface area (Å²) < 4.78 is 9.23. The second-order valence-corrected chi connectivity index (χ2v) is 16.0. The number of rotatable bonds is 3. The van der Waals surface area contributed by atoms with Gasteiger partial charge >= 0.3 is 0 Å². The molecule has 54 heavy (non-hydrogen) atoms. The molecule has 2 aliphatic carbocycles. The summed E-state index contributed by atoms with van der Waals surface area (Å²) >= 11 is 1.87. The van der Waals surface area contributed by atoms with E-state index >= 15 is 0 Å². The van der Waals surface area contributed by atoms with E-state index in [4.69, 9.17) is 4.42 Å². The largest absolute Gasteiger partial charge is 0.456 e. The minimum absolute atomic E-state index is 0.928. The Morgan fingerprint density at radius 1 is 0.463 bits per heavy atom. The number of thiophene rings is 1. The molecule has 0 unspecified atom stereocenters. The van der Waals surface area contributed by atoms with Crippen molar-refractivity contribution in [1.29, 1.82) is 0 Å². The molecule has 0 atom stereocenters. The predicted octanol–water partition coefficient (Wildman–Crippen LogP) is 13.6. The van der Waals surface area contributed by atoms with Crippen LogP contribution in [0, 0.1) is 0 Å². The monoisotopic (exact) mass is 706 g/mol. The first-order valence-electron chi connectivity index (χ1n) is 19.1. The summed E-state index contributed by atoms with van der Waals surface area (Å²) in [7, 11) is 0. The van der Waals surface area contributed by atoms with Crippen LogP contribution in [0.4, 0.5) is 0 Å². The number of benzene rings is 8. The Morgan fingerprint density at radius 3 is 2.02 bits per heavy atom. The molecule has 2 aliphatic rings. The predicted molar refractivity (Wildman–Crippen MR) is 233 cm³/mol. The Kier molecular flexibility index (Phi) is 6.52. The Hall–Kier alpha value is -6.22. The molecular weight excluding hydrogens is 673 g/mol. The molecule has 0 spiro atoms. The SMILES string of the molecule is C1=Cc2cccc(-c3cccc(-c4c5c(c(-c6ccc7oc8cc9cc%10c(cc9cc8c7c6)sc6ccccc6%10)c6ccccc46)=CCCC=5)c3)c2CC1. The first-order chi connectivity index (χ1) is 26.7. The van der Waals surface area contributed by atoms with Gasteiger partial charge < -0.3 is 4.42 Å². The van der Waals surface area contributed by atoms with Gasteiger partial charge in [0.1, 0.15) is 11.2 Å². The van der Waals surface area contributed by atoms with Gasteiger partial charge in [0.05, 0.1) is 0 Å². The van der Waals surface area contributed by atoms with Gasteiger partial charge in [-0.05, 0) is 151 Å². The van der Waals surface area contributed by atoms with Gasteiger partial charge in [0.15, 0.2) is 0 Å². The minimum atomic E-state index is 0.928. The van der Waals surface area contributed by atoms with E-state index in [9.17, 15) is 0 Å². The molecule has 12 rings (SSSR count). The molecule has 8 aromatic carbocycles. The third-order valence-corrected chi connectivity index (χ3v) is 13.0. The standard InChI is InChI=1S/C52H34OS/c1-2-15-37-31(11-1)12-10-21-38(37)32-13-9-14-33(25-32)51-40-17-3-5-19-42(40)52(43-20-6-4-18-41(43)51)34-23-24-47-44(26-34)45-27-36-30-50-46(28-35(36)29-48(45)53-47)39-16-7-8-22-49(39)54-50/h1,3,5,7-14,16-30H,2,4,6,15H2.